The molecule has 88 valence electrons. The predicted octanol–water partition coefficient (Wildman–Crippen LogP) is 2.85. The van der Waals surface area contributed by atoms with E-state index in [1.54, 1.807) is 12.1 Å². The average Bonchev–Trinajstić information content (AvgIpc) is 2.16. The van der Waals surface area contributed by atoms with E-state index in [1.165, 1.54) is 12.1 Å². The Kier molecular flexibility index (Phi) is 3.93. The standard InChI is InChI=1S/C11H11F3O2/c12-11(13,14)10(16)6-2-4-8-3-1-5-9(15)7-8/h1,3,5,7,15H,2,4,6H2. The second-order valence-corrected chi connectivity index (χ2v) is 3.44. The Morgan fingerprint density at radius 3 is 2.56 bits per heavy atom. The number of carbonyl (C=O) groups excluding carboxylic acids is 1. The van der Waals surface area contributed by atoms with Gasteiger partial charge in [-0.1, -0.05) is 12.1 Å². The smallest absolute Gasteiger partial charge is 0.449 e. The molecule has 0 saturated carbocycles. The third-order valence-corrected chi connectivity index (χ3v) is 2.10. The van der Waals surface area contributed by atoms with Gasteiger partial charge in [0.1, 0.15) is 5.75 Å². The fourth-order valence-electron chi connectivity index (χ4n) is 1.31. The van der Waals surface area contributed by atoms with E-state index in [0.717, 1.165) is 5.56 Å². The Hall–Kier alpha value is -1.52. The van der Waals surface area contributed by atoms with Gasteiger partial charge in [0.25, 0.3) is 0 Å². The van der Waals surface area contributed by atoms with Crippen molar-refractivity contribution in [1.29, 1.82) is 0 Å². The second kappa shape index (κ2) is 5.01. The Labute approximate surface area is 90.7 Å². The molecule has 5 heteroatoms. The van der Waals surface area contributed by atoms with E-state index in [9.17, 15) is 18.0 Å². The van der Waals surface area contributed by atoms with E-state index in [4.69, 9.17) is 5.11 Å². The Balaban J connectivity index is 2.39. The van der Waals surface area contributed by atoms with E-state index >= 15 is 0 Å². The molecule has 0 unspecified atom stereocenters. The molecular formula is C11H11F3O2. The van der Waals surface area contributed by atoms with E-state index < -0.39 is 18.4 Å². The fraction of sp³-hybridized carbons (Fsp3) is 0.364. The van der Waals surface area contributed by atoms with Crippen molar-refractivity contribution >= 4 is 5.78 Å². The largest absolute Gasteiger partial charge is 0.508 e. The predicted molar refractivity (Wildman–Crippen MR) is 52.1 cm³/mol. The molecule has 0 atom stereocenters. The van der Waals surface area contributed by atoms with E-state index in [1.807, 2.05) is 0 Å². The highest BCUT2D eigenvalue weighted by Crippen LogP contribution is 2.20. The van der Waals surface area contributed by atoms with Crippen molar-refractivity contribution in [3.63, 3.8) is 0 Å². The minimum atomic E-state index is -4.74. The minimum absolute atomic E-state index is 0.0691. The summed E-state index contributed by atoms with van der Waals surface area (Å²) in [5.41, 5.74) is 0.718. The van der Waals surface area contributed by atoms with E-state index in [-0.39, 0.29) is 12.2 Å². The molecule has 1 aromatic carbocycles. The van der Waals surface area contributed by atoms with Crippen LogP contribution in [-0.4, -0.2) is 17.1 Å². The number of benzene rings is 1. The molecule has 2 nitrogen and oxygen atoms in total. The highest BCUT2D eigenvalue weighted by Gasteiger charge is 2.37. The molecule has 0 saturated heterocycles. The van der Waals surface area contributed by atoms with Crippen LogP contribution in [0.25, 0.3) is 0 Å². The van der Waals surface area contributed by atoms with Gasteiger partial charge in [0.15, 0.2) is 0 Å². The number of hydrogen-bond donors (Lipinski definition) is 1. The number of halogens is 3. The summed E-state index contributed by atoms with van der Waals surface area (Å²) in [5.74, 6) is -1.63. The molecule has 0 bridgehead atoms. The number of alkyl halides is 3. The molecule has 1 aromatic rings. The summed E-state index contributed by atoms with van der Waals surface area (Å²) in [5, 5.41) is 9.10. The van der Waals surface area contributed by atoms with Crippen molar-refractivity contribution in [3.8, 4) is 5.75 Å². The number of phenols is 1. The minimum Gasteiger partial charge on any atom is -0.508 e. The summed E-state index contributed by atoms with van der Waals surface area (Å²) in [4.78, 5) is 10.5. The lowest BCUT2D eigenvalue weighted by Crippen LogP contribution is -2.22. The Morgan fingerprint density at radius 2 is 2.00 bits per heavy atom. The first-order chi connectivity index (χ1) is 7.39. The van der Waals surface area contributed by atoms with Crippen LogP contribution in [0.5, 0.6) is 5.75 Å². The van der Waals surface area contributed by atoms with Crippen molar-refractivity contribution in [3.05, 3.63) is 29.8 Å². The summed E-state index contributed by atoms with van der Waals surface area (Å²) in [6, 6.07) is 6.25. The van der Waals surface area contributed by atoms with Crippen molar-refractivity contribution in [2.24, 2.45) is 0 Å². The maximum Gasteiger partial charge on any atom is 0.449 e. The number of Topliss-reactive ketones (excluding diaryl/α,β-unsaturated/α-hetero) is 1. The average molecular weight is 232 g/mol. The summed E-state index contributed by atoms with van der Waals surface area (Å²) >= 11 is 0. The van der Waals surface area contributed by atoms with Gasteiger partial charge in [-0.3, -0.25) is 4.79 Å². The van der Waals surface area contributed by atoms with Gasteiger partial charge in [-0.05, 0) is 30.5 Å². The lowest BCUT2D eigenvalue weighted by atomic mass is 10.1. The number of aromatic hydroxyl groups is 1. The van der Waals surface area contributed by atoms with Gasteiger partial charge >= 0.3 is 6.18 Å². The fourth-order valence-corrected chi connectivity index (χ4v) is 1.31. The van der Waals surface area contributed by atoms with Crippen LogP contribution in [0, 0.1) is 0 Å². The van der Waals surface area contributed by atoms with Gasteiger partial charge in [-0.25, -0.2) is 0 Å². The highest BCUT2D eigenvalue weighted by atomic mass is 19.4. The van der Waals surface area contributed by atoms with Crippen LogP contribution < -0.4 is 0 Å². The molecule has 0 aliphatic carbocycles. The second-order valence-electron chi connectivity index (χ2n) is 3.44. The number of rotatable bonds is 4. The number of phenolic OH excluding ortho intramolecular Hbond substituents is 1. The molecule has 1 N–H and O–H groups in total. The SMILES string of the molecule is O=C(CCCc1cccc(O)c1)C(F)(F)F. The molecule has 0 heterocycles. The van der Waals surface area contributed by atoms with Crippen molar-refractivity contribution in [2.75, 3.05) is 0 Å². The van der Waals surface area contributed by atoms with Crippen LogP contribution in [0.4, 0.5) is 13.2 Å². The lowest BCUT2D eigenvalue weighted by Gasteiger charge is -2.05. The lowest BCUT2D eigenvalue weighted by molar-refractivity contribution is -0.171. The number of hydrogen-bond acceptors (Lipinski definition) is 2. The maximum atomic E-state index is 11.8. The number of ketones is 1. The van der Waals surface area contributed by atoms with Gasteiger partial charge in [0.2, 0.25) is 5.78 Å². The first-order valence-electron chi connectivity index (χ1n) is 4.77. The van der Waals surface area contributed by atoms with Gasteiger partial charge in [-0.15, -0.1) is 0 Å². The maximum absolute atomic E-state index is 11.8. The monoisotopic (exact) mass is 232 g/mol. The molecule has 0 amide bonds. The topological polar surface area (TPSA) is 37.3 Å². The molecule has 1 rings (SSSR count). The highest BCUT2D eigenvalue weighted by molar-refractivity contribution is 5.83. The van der Waals surface area contributed by atoms with Gasteiger partial charge in [-0.2, -0.15) is 13.2 Å². The zero-order valence-electron chi connectivity index (χ0n) is 8.42. The van der Waals surface area contributed by atoms with Gasteiger partial charge in [0, 0.05) is 6.42 Å². The van der Waals surface area contributed by atoms with Crippen molar-refractivity contribution < 1.29 is 23.1 Å². The summed E-state index contributed by atoms with van der Waals surface area (Å²) < 4.78 is 35.5. The molecule has 16 heavy (non-hydrogen) atoms. The first-order valence-corrected chi connectivity index (χ1v) is 4.77. The number of carbonyl (C=O) groups is 1. The van der Waals surface area contributed by atoms with Crippen LogP contribution in [0.15, 0.2) is 24.3 Å². The first kappa shape index (κ1) is 12.5. The van der Waals surface area contributed by atoms with Crippen LogP contribution in [0.3, 0.4) is 0 Å². The summed E-state index contributed by atoms with van der Waals surface area (Å²) in [7, 11) is 0. The third kappa shape index (κ3) is 3.92. The zero-order chi connectivity index (χ0) is 12.2. The normalized spacial score (nSPS) is 11.4. The molecule has 0 aromatic heterocycles. The summed E-state index contributed by atoms with van der Waals surface area (Å²) in [6.45, 7) is 0. The van der Waals surface area contributed by atoms with Crippen molar-refractivity contribution in [1.82, 2.24) is 0 Å². The van der Waals surface area contributed by atoms with Crippen LogP contribution >= 0.6 is 0 Å². The molecule has 0 aliphatic rings. The quantitative estimate of drug-likeness (QED) is 0.866. The summed E-state index contributed by atoms with van der Waals surface area (Å²) in [6.07, 6.45) is -4.78. The Bertz CT molecular complexity index is 372. The van der Waals surface area contributed by atoms with Crippen LogP contribution in [-0.2, 0) is 11.2 Å². The Morgan fingerprint density at radius 1 is 1.31 bits per heavy atom. The third-order valence-electron chi connectivity index (χ3n) is 2.10. The van der Waals surface area contributed by atoms with Crippen LogP contribution in [0.2, 0.25) is 0 Å². The molecular weight excluding hydrogens is 221 g/mol. The zero-order valence-corrected chi connectivity index (χ0v) is 8.42. The van der Waals surface area contributed by atoms with Crippen LogP contribution in [0.1, 0.15) is 18.4 Å². The van der Waals surface area contributed by atoms with Crippen molar-refractivity contribution in [2.45, 2.75) is 25.4 Å². The van der Waals surface area contributed by atoms with E-state index in [2.05, 4.69) is 0 Å². The number of aryl methyl sites for hydroxylation is 1. The van der Waals surface area contributed by atoms with Gasteiger partial charge < -0.3 is 5.11 Å². The van der Waals surface area contributed by atoms with E-state index in [0.29, 0.717) is 6.42 Å². The molecule has 0 spiro atoms. The molecule has 0 fully saturated rings. The van der Waals surface area contributed by atoms with Gasteiger partial charge in [0.05, 0.1) is 0 Å². The molecule has 0 aliphatic heterocycles. The molecule has 0 radical (unpaired) electrons.